The fourth-order valence-electron chi connectivity index (χ4n) is 7.38. The molecule has 1 aliphatic carbocycles. The van der Waals surface area contributed by atoms with Gasteiger partial charge in [0.05, 0.1) is 16.3 Å². The SMILES string of the molecule is CCCCN1C(=O)[C@H](CC(C)C)NC(=O)C12CCN(Cc1c(C)nn(-c3ccc(S(=O)(=O)NC4CCCCC4)cc3)c1C)CC2. The minimum Gasteiger partial charge on any atom is -0.342 e. The van der Waals surface area contributed by atoms with Crippen LogP contribution in [0.25, 0.3) is 5.69 Å². The maximum Gasteiger partial charge on any atom is 0.246 e. The summed E-state index contributed by atoms with van der Waals surface area (Å²) >= 11 is 0. The zero-order valence-corrected chi connectivity index (χ0v) is 28.6. The number of rotatable bonds is 11. The lowest BCUT2D eigenvalue weighted by molar-refractivity contribution is -0.161. The highest BCUT2D eigenvalue weighted by Crippen LogP contribution is 2.35. The number of hydrogen-bond donors (Lipinski definition) is 2. The number of piperazine rings is 1. The zero-order chi connectivity index (χ0) is 32.4. The van der Waals surface area contributed by atoms with Gasteiger partial charge in [-0.25, -0.2) is 17.8 Å². The Morgan fingerprint density at radius 3 is 2.33 bits per heavy atom. The normalized spacial score (nSPS) is 21.6. The average Bonchev–Trinajstić information content (AvgIpc) is 3.29. The molecule has 1 saturated carbocycles. The third-order valence-corrected chi connectivity index (χ3v) is 11.6. The molecule has 3 aliphatic rings. The molecule has 1 aromatic heterocycles. The molecule has 2 saturated heterocycles. The number of aryl methyl sites for hydroxylation is 1. The summed E-state index contributed by atoms with van der Waals surface area (Å²) in [5.41, 5.74) is 3.10. The molecule has 45 heavy (non-hydrogen) atoms. The first-order valence-corrected chi connectivity index (χ1v) is 18.5. The van der Waals surface area contributed by atoms with E-state index >= 15 is 0 Å². The van der Waals surface area contributed by atoms with Crippen LogP contribution in [-0.2, 0) is 26.2 Å². The summed E-state index contributed by atoms with van der Waals surface area (Å²) in [5, 5.41) is 7.92. The second-order valence-corrected chi connectivity index (χ2v) is 15.5. The van der Waals surface area contributed by atoms with Crippen molar-refractivity contribution in [1.82, 2.24) is 29.6 Å². The maximum absolute atomic E-state index is 13.6. The number of unbranched alkanes of at least 4 members (excludes halogenated alkanes) is 1. The van der Waals surface area contributed by atoms with Crippen molar-refractivity contribution in [3.63, 3.8) is 0 Å². The Bertz CT molecular complexity index is 1450. The molecule has 1 atom stereocenters. The van der Waals surface area contributed by atoms with Gasteiger partial charge in [-0.1, -0.05) is 46.5 Å². The molecule has 2 amide bonds. The van der Waals surface area contributed by atoms with Crippen LogP contribution in [-0.4, -0.2) is 77.1 Å². The van der Waals surface area contributed by atoms with E-state index in [9.17, 15) is 18.0 Å². The number of piperidine rings is 1. The Labute approximate surface area is 269 Å². The Hall–Kier alpha value is -2.76. The Morgan fingerprint density at radius 2 is 1.71 bits per heavy atom. The molecule has 248 valence electrons. The number of sulfonamides is 1. The summed E-state index contributed by atoms with van der Waals surface area (Å²) in [6, 6.07) is 6.54. The molecule has 0 radical (unpaired) electrons. The second kappa shape index (κ2) is 13.9. The lowest BCUT2D eigenvalue weighted by Gasteiger charge is -2.52. The summed E-state index contributed by atoms with van der Waals surface area (Å²) in [5.74, 6) is 0.398. The summed E-state index contributed by atoms with van der Waals surface area (Å²) in [7, 11) is -3.57. The fourth-order valence-corrected chi connectivity index (χ4v) is 8.68. The van der Waals surface area contributed by atoms with Crippen LogP contribution in [0.3, 0.4) is 0 Å². The number of nitrogens with zero attached hydrogens (tertiary/aromatic N) is 4. The average molecular weight is 641 g/mol. The van der Waals surface area contributed by atoms with Crippen LogP contribution in [0, 0.1) is 19.8 Å². The van der Waals surface area contributed by atoms with E-state index in [2.05, 4.69) is 35.7 Å². The highest BCUT2D eigenvalue weighted by molar-refractivity contribution is 7.89. The fraction of sp³-hybridized carbons (Fsp3) is 0.676. The van der Waals surface area contributed by atoms with Crippen LogP contribution in [0.2, 0.25) is 0 Å². The molecular weight excluding hydrogens is 588 g/mol. The molecule has 11 heteroatoms. The van der Waals surface area contributed by atoms with Crippen molar-refractivity contribution >= 4 is 21.8 Å². The van der Waals surface area contributed by atoms with E-state index in [1.807, 2.05) is 35.6 Å². The van der Waals surface area contributed by atoms with Crippen LogP contribution in [0.15, 0.2) is 29.2 Å². The molecule has 2 aliphatic heterocycles. The lowest BCUT2D eigenvalue weighted by Crippen LogP contribution is -2.73. The van der Waals surface area contributed by atoms with Crippen molar-refractivity contribution in [3.8, 4) is 5.69 Å². The minimum absolute atomic E-state index is 0.00286. The molecule has 5 rings (SSSR count). The third-order valence-electron chi connectivity index (χ3n) is 10.1. The van der Waals surface area contributed by atoms with Gasteiger partial charge in [-0.15, -0.1) is 0 Å². The van der Waals surface area contributed by atoms with E-state index in [1.54, 1.807) is 12.1 Å². The van der Waals surface area contributed by atoms with Crippen molar-refractivity contribution in [2.45, 2.75) is 128 Å². The number of carbonyl (C=O) groups excluding carboxylic acids is 2. The van der Waals surface area contributed by atoms with Gasteiger partial charge in [0.2, 0.25) is 21.8 Å². The Morgan fingerprint density at radius 1 is 1.04 bits per heavy atom. The van der Waals surface area contributed by atoms with Gasteiger partial charge in [-0.05, 0) is 82.6 Å². The van der Waals surface area contributed by atoms with Gasteiger partial charge in [0, 0.05) is 43.5 Å². The van der Waals surface area contributed by atoms with Crippen molar-refractivity contribution in [3.05, 3.63) is 41.2 Å². The molecule has 0 bridgehead atoms. The molecule has 1 spiro atoms. The summed E-state index contributed by atoms with van der Waals surface area (Å²) in [6.45, 7) is 13.1. The predicted molar refractivity (Wildman–Crippen MR) is 175 cm³/mol. The van der Waals surface area contributed by atoms with Gasteiger partial charge in [0.1, 0.15) is 11.6 Å². The van der Waals surface area contributed by atoms with Gasteiger partial charge in [-0.2, -0.15) is 5.10 Å². The summed E-state index contributed by atoms with van der Waals surface area (Å²) in [6.07, 6.45) is 8.83. The number of likely N-dealkylation sites (tertiary alicyclic amines) is 1. The lowest BCUT2D eigenvalue weighted by atomic mass is 9.80. The van der Waals surface area contributed by atoms with Gasteiger partial charge in [0.15, 0.2) is 0 Å². The van der Waals surface area contributed by atoms with E-state index < -0.39 is 21.6 Å². The Balaban J connectivity index is 1.26. The van der Waals surface area contributed by atoms with Gasteiger partial charge in [-0.3, -0.25) is 14.5 Å². The number of benzene rings is 1. The number of nitrogens with one attached hydrogen (secondary N) is 2. The number of amides is 2. The smallest absolute Gasteiger partial charge is 0.246 e. The molecule has 3 fully saturated rings. The predicted octanol–water partition coefficient (Wildman–Crippen LogP) is 4.61. The Kier molecular flexibility index (Phi) is 10.4. The molecule has 0 unspecified atom stereocenters. The standard InChI is InChI=1S/C34H52N6O4S/c1-6-7-19-39-32(41)31(22-24(2)3)35-33(42)34(39)17-20-38(21-18-34)23-30-25(4)36-40(26(30)5)28-13-15-29(16-14-28)45(43,44)37-27-11-9-8-10-12-27/h13-16,24,27,31,37H,6-12,17-23H2,1-5H3,(H,35,42)/t31-/m0/s1. The topological polar surface area (TPSA) is 117 Å². The van der Waals surface area contributed by atoms with Crippen molar-refractivity contribution in [2.24, 2.45) is 5.92 Å². The molecule has 2 aromatic rings. The van der Waals surface area contributed by atoms with Crippen molar-refractivity contribution in [1.29, 1.82) is 0 Å². The van der Waals surface area contributed by atoms with Crippen LogP contribution in [0.1, 0.15) is 102 Å². The monoisotopic (exact) mass is 640 g/mol. The molecular formula is C34H52N6O4S. The van der Waals surface area contributed by atoms with E-state index in [0.717, 1.165) is 61.2 Å². The first-order chi connectivity index (χ1) is 21.4. The van der Waals surface area contributed by atoms with Gasteiger partial charge < -0.3 is 10.2 Å². The molecule has 1 aromatic carbocycles. The number of hydrogen-bond acceptors (Lipinski definition) is 6. The first-order valence-electron chi connectivity index (χ1n) is 17.0. The van der Waals surface area contributed by atoms with Gasteiger partial charge in [0.25, 0.3) is 0 Å². The van der Waals surface area contributed by atoms with E-state index in [-0.39, 0.29) is 22.8 Å². The molecule has 10 nitrogen and oxygen atoms in total. The second-order valence-electron chi connectivity index (χ2n) is 13.8. The number of aromatic nitrogens is 2. The van der Waals surface area contributed by atoms with E-state index in [1.165, 1.54) is 6.42 Å². The van der Waals surface area contributed by atoms with Crippen molar-refractivity contribution < 1.29 is 18.0 Å². The van der Waals surface area contributed by atoms with E-state index in [4.69, 9.17) is 5.10 Å². The van der Waals surface area contributed by atoms with E-state index in [0.29, 0.717) is 51.4 Å². The van der Waals surface area contributed by atoms with Crippen LogP contribution in [0.5, 0.6) is 0 Å². The largest absolute Gasteiger partial charge is 0.342 e. The first kappa shape index (κ1) is 33.6. The third kappa shape index (κ3) is 7.15. The molecule has 2 N–H and O–H groups in total. The van der Waals surface area contributed by atoms with Crippen LogP contribution < -0.4 is 10.0 Å². The maximum atomic E-state index is 13.6. The summed E-state index contributed by atoms with van der Waals surface area (Å²) in [4.78, 5) is 31.8. The number of carbonyl (C=O) groups is 2. The van der Waals surface area contributed by atoms with Crippen LogP contribution >= 0.6 is 0 Å². The van der Waals surface area contributed by atoms with Crippen molar-refractivity contribution in [2.75, 3.05) is 19.6 Å². The molecule has 3 heterocycles. The quantitative estimate of drug-likeness (QED) is 0.371. The highest BCUT2D eigenvalue weighted by Gasteiger charge is 2.53. The van der Waals surface area contributed by atoms with Crippen LogP contribution in [0.4, 0.5) is 0 Å². The summed E-state index contributed by atoms with van der Waals surface area (Å²) < 4.78 is 30.8. The highest BCUT2D eigenvalue weighted by atomic mass is 32.2. The van der Waals surface area contributed by atoms with Gasteiger partial charge >= 0.3 is 0 Å². The minimum atomic E-state index is -3.57. The zero-order valence-electron chi connectivity index (χ0n) is 27.8.